The summed E-state index contributed by atoms with van der Waals surface area (Å²) in [5.74, 6) is 0.590. The molecule has 0 aliphatic heterocycles. The lowest BCUT2D eigenvalue weighted by atomic mass is 9.91. The second-order valence-electron chi connectivity index (χ2n) is 23.1. The van der Waals surface area contributed by atoms with Gasteiger partial charge in [-0.2, -0.15) is 10.5 Å². The zero-order chi connectivity index (χ0) is 60.5. The monoisotopic (exact) mass is 1160 g/mol. The summed E-state index contributed by atoms with van der Waals surface area (Å²) in [6.45, 7) is 0. The zero-order valence-corrected chi connectivity index (χ0v) is 49.1. The lowest BCUT2D eigenvalue weighted by Gasteiger charge is -2.22. The van der Waals surface area contributed by atoms with Gasteiger partial charge in [0.2, 0.25) is 0 Å². The van der Waals surface area contributed by atoms with Crippen molar-refractivity contribution < 1.29 is 0 Å². The Labute approximate surface area is 524 Å². The van der Waals surface area contributed by atoms with Gasteiger partial charge in [-0.25, -0.2) is 9.97 Å². The fourth-order valence-corrected chi connectivity index (χ4v) is 13.7. The second kappa shape index (κ2) is 21.6. The van der Waals surface area contributed by atoms with Gasteiger partial charge in [0.25, 0.3) is 0 Å². The van der Waals surface area contributed by atoms with E-state index in [0.717, 1.165) is 134 Å². The molecule has 0 spiro atoms. The van der Waals surface area contributed by atoms with E-state index in [1.54, 1.807) is 0 Å². The van der Waals surface area contributed by atoms with Gasteiger partial charge in [0.1, 0.15) is 0 Å². The Morgan fingerprint density at radius 1 is 0.242 bits per heavy atom. The van der Waals surface area contributed by atoms with E-state index >= 15 is 0 Å². The molecule has 0 atom stereocenters. The highest BCUT2D eigenvalue weighted by atomic mass is 15.0. The minimum atomic E-state index is 0.590. The highest BCUT2D eigenvalue weighted by Crippen LogP contribution is 2.47. The van der Waals surface area contributed by atoms with Crippen LogP contribution < -0.4 is 0 Å². The third kappa shape index (κ3) is 8.96. The molecule has 0 amide bonds. The van der Waals surface area contributed by atoms with Crippen molar-refractivity contribution in [3.05, 3.63) is 321 Å². The van der Waals surface area contributed by atoms with E-state index in [1.807, 2.05) is 60.7 Å². The first-order chi connectivity index (χ1) is 45.0. The van der Waals surface area contributed by atoms with Crippen LogP contribution in [-0.4, -0.2) is 23.7 Å². The lowest BCUT2D eigenvalue weighted by Crippen LogP contribution is -2.04. The van der Waals surface area contributed by atoms with Crippen molar-refractivity contribution in [3.63, 3.8) is 0 Å². The fraction of sp³-hybridized carbons (Fsp3) is 0. The van der Waals surface area contributed by atoms with Crippen LogP contribution >= 0.6 is 0 Å². The summed E-state index contributed by atoms with van der Waals surface area (Å²) in [5.41, 5.74) is 23.2. The summed E-state index contributed by atoms with van der Waals surface area (Å²) in [4.78, 5) is 11.1. The van der Waals surface area contributed by atoms with Gasteiger partial charge < -0.3 is 13.7 Å². The molecule has 0 saturated heterocycles. The molecule has 4 aromatic heterocycles. The molecule has 13 aromatic carbocycles. The van der Waals surface area contributed by atoms with Crippen LogP contribution in [0.3, 0.4) is 0 Å². The van der Waals surface area contributed by atoms with E-state index in [9.17, 15) is 10.5 Å². The highest BCUT2D eigenvalue weighted by molar-refractivity contribution is 6.14. The number of fused-ring (bicyclic) bond motifs is 9. The van der Waals surface area contributed by atoms with Crippen LogP contribution in [0, 0.1) is 22.7 Å². The Kier molecular flexibility index (Phi) is 12.5. The maximum Gasteiger partial charge on any atom is 0.160 e. The summed E-state index contributed by atoms with van der Waals surface area (Å²) < 4.78 is 7.26. The van der Waals surface area contributed by atoms with E-state index in [2.05, 4.69) is 275 Å². The van der Waals surface area contributed by atoms with E-state index in [4.69, 9.17) is 9.97 Å². The molecule has 0 aliphatic carbocycles. The molecular formula is C84H51N7. The van der Waals surface area contributed by atoms with Crippen LogP contribution in [0.4, 0.5) is 0 Å². The fourth-order valence-electron chi connectivity index (χ4n) is 13.7. The Morgan fingerprint density at radius 2 is 0.593 bits per heavy atom. The smallest absolute Gasteiger partial charge is 0.160 e. The van der Waals surface area contributed by atoms with Gasteiger partial charge in [-0.15, -0.1) is 0 Å². The third-order valence-electron chi connectivity index (χ3n) is 17.9. The van der Waals surface area contributed by atoms with Crippen molar-refractivity contribution in [3.8, 4) is 108 Å². The van der Waals surface area contributed by atoms with E-state index in [0.29, 0.717) is 17.0 Å². The molecule has 0 aliphatic rings. The van der Waals surface area contributed by atoms with Crippen LogP contribution in [0.5, 0.6) is 0 Å². The van der Waals surface area contributed by atoms with Crippen LogP contribution in [0.25, 0.3) is 161 Å². The highest BCUT2D eigenvalue weighted by Gasteiger charge is 2.26. The number of nitriles is 2. The van der Waals surface area contributed by atoms with Crippen LogP contribution in [0.15, 0.2) is 309 Å². The number of aromatic nitrogens is 5. The van der Waals surface area contributed by atoms with Crippen molar-refractivity contribution in [1.29, 1.82) is 10.5 Å². The average Bonchev–Trinajstić information content (AvgIpc) is 1.69. The summed E-state index contributed by atoms with van der Waals surface area (Å²) in [7, 11) is 0. The average molecular weight is 1160 g/mol. The quantitative estimate of drug-likeness (QED) is 0.136. The van der Waals surface area contributed by atoms with E-state index in [-0.39, 0.29) is 0 Å². The van der Waals surface area contributed by atoms with Gasteiger partial charge in [0.05, 0.1) is 73.4 Å². The van der Waals surface area contributed by atoms with Gasteiger partial charge >= 0.3 is 0 Å². The van der Waals surface area contributed by atoms with Crippen molar-refractivity contribution in [2.24, 2.45) is 0 Å². The minimum absolute atomic E-state index is 0.590. The number of nitrogens with zero attached hydrogens (tertiary/aromatic N) is 7. The molecule has 17 aromatic rings. The Balaban J connectivity index is 1.01. The predicted molar refractivity (Wildman–Crippen MR) is 373 cm³/mol. The first kappa shape index (κ1) is 52.6. The molecule has 0 unspecified atom stereocenters. The van der Waals surface area contributed by atoms with Crippen LogP contribution in [-0.2, 0) is 0 Å². The van der Waals surface area contributed by atoms with Gasteiger partial charge in [0, 0.05) is 71.5 Å². The van der Waals surface area contributed by atoms with Gasteiger partial charge in [-0.3, -0.25) is 0 Å². The minimum Gasteiger partial charge on any atom is -0.309 e. The SMILES string of the molecule is N#Cc1ccc(-c2ccc3c(c2)c2cc(-c4ccc(C#N)cc4)ccc2n3-c2c(-c3cccc(-n4c5ccccc5c5ccccc54)c3)cc(-c3nc(-c4ccccc4)cc(-c4ccccc4)n3)cc2-c2cccc(-n3c4ccccc4c4ccccc43)c2)cc1. The predicted octanol–water partition coefficient (Wildman–Crippen LogP) is 21.2. The third-order valence-corrected chi connectivity index (χ3v) is 17.9. The Morgan fingerprint density at radius 3 is 0.989 bits per heavy atom. The number of benzene rings is 13. The maximum atomic E-state index is 9.85. The molecule has 0 bridgehead atoms. The number of para-hydroxylation sites is 4. The summed E-state index contributed by atoms with van der Waals surface area (Å²) in [5, 5.41) is 26.5. The topological polar surface area (TPSA) is 88.2 Å². The normalized spacial score (nSPS) is 11.5. The summed E-state index contributed by atoms with van der Waals surface area (Å²) in [6.07, 6.45) is 0. The van der Waals surface area contributed by atoms with Crippen LogP contribution in [0.1, 0.15) is 11.1 Å². The molecule has 422 valence electrons. The number of hydrogen-bond donors (Lipinski definition) is 0. The maximum absolute atomic E-state index is 9.85. The molecule has 0 N–H and O–H groups in total. The van der Waals surface area contributed by atoms with Crippen molar-refractivity contribution >= 4 is 65.4 Å². The first-order valence-electron chi connectivity index (χ1n) is 30.5. The molecule has 91 heavy (non-hydrogen) atoms. The molecule has 4 heterocycles. The first-order valence-corrected chi connectivity index (χ1v) is 30.5. The van der Waals surface area contributed by atoms with Gasteiger partial charge in [-0.05, 0) is 149 Å². The number of rotatable bonds is 10. The van der Waals surface area contributed by atoms with E-state index in [1.165, 1.54) is 21.5 Å². The Bertz CT molecular complexity index is 5380. The van der Waals surface area contributed by atoms with Crippen LogP contribution in [0.2, 0.25) is 0 Å². The largest absolute Gasteiger partial charge is 0.309 e. The number of hydrogen-bond acceptors (Lipinski definition) is 4. The van der Waals surface area contributed by atoms with Crippen molar-refractivity contribution in [1.82, 2.24) is 23.7 Å². The molecule has 0 radical (unpaired) electrons. The lowest BCUT2D eigenvalue weighted by molar-refractivity contribution is 1.16. The molecule has 0 saturated carbocycles. The second-order valence-corrected chi connectivity index (χ2v) is 23.1. The molecule has 7 nitrogen and oxygen atoms in total. The molecule has 7 heteroatoms. The Hall–Kier alpha value is -12.7. The van der Waals surface area contributed by atoms with Crippen molar-refractivity contribution in [2.75, 3.05) is 0 Å². The summed E-state index contributed by atoms with van der Waals surface area (Å²) >= 11 is 0. The van der Waals surface area contributed by atoms with Crippen molar-refractivity contribution in [2.45, 2.75) is 0 Å². The van der Waals surface area contributed by atoms with Gasteiger partial charge in [-0.1, -0.05) is 194 Å². The zero-order valence-electron chi connectivity index (χ0n) is 49.1. The molecule has 0 fully saturated rings. The van der Waals surface area contributed by atoms with Gasteiger partial charge in [0.15, 0.2) is 5.82 Å². The molecule has 17 rings (SSSR count). The molecular weight excluding hydrogens is 1110 g/mol. The summed E-state index contributed by atoms with van der Waals surface area (Å²) in [6, 6.07) is 114. The standard InChI is InChI=1S/C84H51N7/c85-52-54-33-37-56(38-34-54)60-41-43-81-73(47-60)74-48-61(57-39-35-55(53-86)36-40-57)42-44-82(74)91(81)83-71(62-21-15-23-65(45-62)89-77-29-11-7-25-67(77)68-26-8-12-30-78(68)89)49-64(84-87-75(58-17-3-1-4-18-58)51-76(88-84)59-19-5-2-6-20-59)50-72(83)63-22-16-24-66(46-63)90-79-31-13-9-27-69(79)70-28-10-14-32-80(70)90/h1-51H. The van der Waals surface area contributed by atoms with E-state index < -0.39 is 0 Å².